The van der Waals surface area contributed by atoms with Crippen LogP contribution in [0.1, 0.15) is 63.6 Å². The van der Waals surface area contributed by atoms with Gasteiger partial charge in [0.1, 0.15) is 5.75 Å². The van der Waals surface area contributed by atoms with E-state index in [-0.39, 0.29) is 39.6 Å². The fourth-order valence-electron chi connectivity index (χ4n) is 4.44. The maximum Gasteiger partial charge on any atom is 0.313 e. The molecule has 0 fully saturated rings. The lowest BCUT2D eigenvalue weighted by Gasteiger charge is -2.18. The highest BCUT2D eigenvalue weighted by molar-refractivity contribution is 6.31. The number of nitrogens with zero attached hydrogens (tertiary/aromatic N) is 4. The average Bonchev–Trinajstić information content (AvgIpc) is 2.93. The predicted octanol–water partition coefficient (Wildman–Crippen LogP) is 7.52. The summed E-state index contributed by atoms with van der Waals surface area (Å²) in [7, 11) is 0. The van der Waals surface area contributed by atoms with E-state index >= 15 is 0 Å². The van der Waals surface area contributed by atoms with Gasteiger partial charge in [-0.3, -0.25) is 14.9 Å². The number of nitro groups is 1. The number of rotatable bonds is 10. The third kappa shape index (κ3) is 6.25. The number of hydrogen-bond acceptors (Lipinski definition) is 7. The van der Waals surface area contributed by atoms with Gasteiger partial charge < -0.3 is 9.47 Å². The molecule has 0 aliphatic rings. The molecular weight excluding hydrogens is 544 g/mol. The maximum atomic E-state index is 13.8. The minimum absolute atomic E-state index is 0.0280. The van der Waals surface area contributed by atoms with Gasteiger partial charge in [0, 0.05) is 22.2 Å². The quantitative estimate of drug-likeness (QED) is 0.110. The Bertz CT molecular complexity index is 1700. The van der Waals surface area contributed by atoms with Crippen LogP contribution in [0.2, 0.25) is 5.02 Å². The molecule has 0 N–H and O–H groups in total. The van der Waals surface area contributed by atoms with E-state index in [1.54, 1.807) is 18.2 Å². The summed E-state index contributed by atoms with van der Waals surface area (Å²) in [5, 5.41) is 16.9. The van der Waals surface area contributed by atoms with Crippen LogP contribution in [-0.4, -0.2) is 33.5 Å². The van der Waals surface area contributed by atoms with E-state index in [1.807, 2.05) is 45.9 Å². The molecule has 1 aromatic heterocycles. The summed E-state index contributed by atoms with van der Waals surface area (Å²) < 4.78 is 13.0. The number of hydrogen-bond donors (Lipinski definition) is 0. The van der Waals surface area contributed by atoms with E-state index in [4.69, 9.17) is 26.1 Å². The van der Waals surface area contributed by atoms with Gasteiger partial charge in [0.25, 0.3) is 5.56 Å². The maximum absolute atomic E-state index is 13.8. The molecule has 1 heterocycles. The number of fused-ring (bicyclic) bond motifs is 1. The Hall–Kier alpha value is -4.24. The summed E-state index contributed by atoms with van der Waals surface area (Å²) in [6.45, 7) is 12.3. The molecule has 0 bridgehead atoms. The number of nitro benzene ring substituents is 1. The van der Waals surface area contributed by atoms with E-state index in [1.165, 1.54) is 23.0 Å². The molecule has 0 saturated heterocycles. The second-order valence-corrected chi connectivity index (χ2v) is 10.5. The molecule has 0 unspecified atom stereocenters. The SMILES string of the molecule is CCOc1cc(C)c(-c2nc3ccccc3c(=O)n2N=Cc2cc(Cl)cc([N+](=O)[O-])c2O[C@@H](C)CC)cc1C(C)C. The summed E-state index contributed by atoms with van der Waals surface area (Å²) in [5.41, 5.74) is 2.66. The fourth-order valence-corrected chi connectivity index (χ4v) is 4.66. The third-order valence-electron chi connectivity index (χ3n) is 6.74. The molecule has 9 nitrogen and oxygen atoms in total. The third-order valence-corrected chi connectivity index (χ3v) is 6.96. The molecule has 3 aromatic carbocycles. The van der Waals surface area contributed by atoms with Crippen molar-refractivity contribution in [1.29, 1.82) is 0 Å². The van der Waals surface area contributed by atoms with Crippen molar-refractivity contribution >= 4 is 34.4 Å². The van der Waals surface area contributed by atoms with Crippen LogP contribution in [-0.2, 0) is 0 Å². The molecule has 4 rings (SSSR count). The van der Waals surface area contributed by atoms with Gasteiger partial charge in [0.2, 0.25) is 5.75 Å². The molecule has 1 atom stereocenters. The van der Waals surface area contributed by atoms with E-state index in [0.29, 0.717) is 35.3 Å². The van der Waals surface area contributed by atoms with Crippen LogP contribution in [0, 0.1) is 17.0 Å². The molecule has 0 amide bonds. The van der Waals surface area contributed by atoms with Crippen LogP contribution in [0.25, 0.3) is 22.3 Å². The number of ether oxygens (including phenoxy) is 2. The monoisotopic (exact) mass is 576 g/mol. The second-order valence-electron chi connectivity index (χ2n) is 10.0. The highest BCUT2D eigenvalue weighted by atomic mass is 35.5. The number of aromatic nitrogens is 2. The van der Waals surface area contributed by atoms with Crippen molar-refractivity contribution in [2.45, 2.75) is 60.0 Å². The van der Waals surface area contributed by atoms with Gasteiger partial charge in [0.15, 0.2) is 5.82 Å². The summed E-state index contributed by atoms with van der Waals surface area (Å²) >= 11 is 6.25. The van der Waals surface area contributed by atoms with Crippen molar-refractivity contribution in [2.24, 2.45) is 5.10 Å². The van der Waals surface area contributed by atoms with Crippen molar-refractivity contribution in [3.05, 3.63) is 90.7 Å². The van der Waals surface area contributed by atoms with Gasteiger partial charge in [-0.2, -0.15) is 9.78 Å². The van der Waals surface area contributed by atoms with Crippen LogP contribution < -0.4 is 15.0 Å². The molecule has 0 saturated carbocycles. The Labute approximate surface area is 243 Å². The van der Waals surface area contributed by atoms with Crippen LogP contribution in [0.4, 0.5) is 5.69 Å². The lowest BCUT2D eigenvalue weighted by atomic mass is 9.96. The summed E-state index contributed by atoms with van der Waals surface area (Å²) in [6, 6.07) is 13.7. The first-order chi connectivity index (χ1) is 19.5. The van der Waals surface area contributed by atoms with E-state index in [2.05, 4.69) is 18.9 Å². The Morgan fingerprint density at radius 3 is 2.54 bits per heavy atom. The predicted molar refractivity (Wildman–Crippen MR) is 163 cm³/mol. The first-order valence-corrected chi connectivity index (χ1v) is 13.9. The van der Waals surface area contributed by atoms with Crippen molar-refractivity contribution in [1.82, 2.24) is 9.66 Å². The summed E-state index contributed by atoms with van der Waals surface area (Å²) in [6.07, 6.45) is 1.68. The van der Waals surface area contributed by atoms with Gasteiger partial charge >= 0.3 is 5.69 Å². The largest absolute Gasteiger partial charge is 0.494 e. The highest BCUT2D eigenvalue weighted by Gasteiger charge is 2.23. The number of aryl methyl sites for hydroxylation is 1. The zero-order valence-corrected chi connectivity index (χ0v) is 24.7. The number of para-hydroxylation sites is 1. The normalized spacial score (nSPS) is 12.3. The zero-order chi connectivity index (χ0) is 29.8. The lowest BCUT2D eigenvalue weighted by Crippen LogP contribution is -2.21. The van der Waals surface area contributed by atoms with Crippen LogP contribution in [0.15, 0.2) is 58.4 Å². The van der Waals surface area contributed by atoms with E-state index < -0.39 is 4.92 Å². The molecule has 214 valence electrons. The minimum atomic E-state index is -0.549. The molecule has 4 aromatic rings. The molecular formula is C31H33ClN4O5. The molecule has 0 spiro atoms. The Morgan fingerprint density at radius 1 is 1.15 bits per heavy atom. The van der Waals surface area contributed by atoms with Crippen molar-refractivity contribution in [2.75, 3.05) is 6.61 Å². The zero-order valence-electron chi connectivity index (χ0n) is 24.0. The van der Waals surface area contributed by atoms with E-state index in [0.717, 1.165) is 16.9 Å². The Kier molecular flexibility index (Phi) is 9.08. The Morgan fingerprint density at radius 2 is 1.88 bits per heavy atom. The number of benzene rings is 3. The fraction of sp³-hybridized carbons (Fsp3) is 0.323. The molecule has 0 radical (unpaired) electrons. The summed E-state index contributed by atoms with van der Waals surface area (Å²) in [4.78, 5) is 30.0. The van der Waals surface area contributed by atoms with E-state index in [9.17, 15) is 14.9 Å². The molecule has 0 aliphatic carbocycles. The van der Waals surface area contributed by atoms with Gasteiger partial charge in [0.05, 0.1) is 34.8 Å². The first-order valence-electron chi connectivity index (χ1n) is 13.5. The molecule has 0 aliphatic heterocycles. The van der Waals surface area contributed by atoms with Gasteiger partial charge in [-0.15, -0.1) is 0 Å². The van der Waals surface area contributed by atoms with Crippen LogP contribution >= 0.6 is 11.6 Å². The summed E-state index contributed by atoms with van der Waals surface area (Å²) in [5.74, 6) is 1.28. The van der Waals surface area contributed by atoms with Crippen molar-refractivity contribution in [3.8, 4) is 22.9 Å². The smallest absolute Gasteiger partial charge is 0.313 e. The van der Waals surface area contributed by atoms with Gasteiger partial charge in [-0.1, -0.05) is 44.5 Å². The van der Waals surface area contributed by atoms with Gasteiger partial charge in [-0.25, -0.2) is 4.98 Å². The van der Waals surface area contributed by atoms with Crippen molar-refractivity contribution in [3.63, 3.8) is 0 Å². The standard InChI is InChI=1S/C31H33ClN4O5/c1-7-20(6)41-29-21(14-22(32)15-27(29)36(38)39)17-33-35-30(34-26-12-10-9-11-23(26)31(35)37)25-16-24(18(3)4)28(40-8-2)13-19(25)5/h9-18,20H,7-8H2,1-6H3/t20-/m0/s1. The lowest BCUT2D eigenvalue weighted by molar-refractivity contribution is -0.386. The Balaban J connectivity index is 2.00. The number of halogens is 1. The van der Waals surface area contributed by atoms with Crippen LogP contribution in [0.3, 0.4) is 0 Å². The van der Waals surface area contributed by atoms with Crippen LogP contribution in [0.5, 0.6) is 11.5 Å². The van der Waals surface area contributed by atoms with Gasteiger partial charge in [-0.05, 0) is 74.6 Å². The average molecular weight is 577 g/mol. The first kappa shape index (κ1) is 29.7. The highest BCUT2D eigenvalue weighted by Crippen LogP contribution is 2.36. The van der Waals surface area contributed by atoms with Crippen molar-refractivity contribution < 1.29 is 14.4 Å². The topological polar surface area (TPSA) is 109 Å². The second kappa shape index (κ2) is 12.5. The molecule has 41 heavy (non-hydrogen) atoms. The minimum Gasteiger partial charge on any atom is -0.494 e. The molecule has 10 heteroatoms.